The van der Waals surface area contributed by atoms with Crippen LogP contribution in [0.5, 0.6) is 0 Å². The molecule has 0 radical (unpaired) electrons. The molecule has 0 aromatic carbocycles. The molecule has 2 rings (SSSR count). The molecule has 0 aromatic rings. The highest BCUT2D eigenvalue weighted by molar-refractivity contribution is 5.85. The molecule has 10 heteroatoms. The molecule has 0 spiro atoms. The van der Waals surface area contributed by atoms with Gasteiger partial charge in [0.05, 0.1) is 19.2 Å². The number of nitrogens with one attached hydrogen (secondary N) is 1. The van der Waals surface area contributed by atoms with Crippen LogP contribution < -0.4 is 5.32 Å². The molecule has 154 valence electrons. The Labute approximate surface area is 154 Å². The van der Waals surface area contributed by atoms with Crippen molar-refractivity contribution in [3.8, 4) is 0 Å². The molecule has 1 amide bonds. The van der Waals surface area contributed by atoms with Crippen molar-refractivity contribution in [2.45, 2.75) is 58.4 Å². The van der Waals surface area contributed by atoms with Crippen LogP contribution in [0.3, 0.4) is 0 Å². The maximum absolute atomic E-state index is 12.9. The molecule has 2 fully saturated rings. The Bertz CT molecular complexity index is 343. The molecule has 25 heavy (non-hydrogen) atoms. The third-order valence-electron chi connectivity index (χ3n) is 2.98. The van der Waals surface area contributed by atoms with Crippen LogP contribution in [-0.4, -0.2) is 89.8 Å². The van der Waals surface area contributed by atoms with Gasteiger partial charge in [-0.1, -0.05) is 7.43 Å². The van der Waals surface area contributed by atoms with E-state index in [1.807, 2.05) is 0 Å². The van der Waals surface area contributed by atoms with Gasteiger partial charge in [0.15, 0.2) is 0 Å². The first-order chi connectivity index (χ1) is 10.6. The zero-order valence-electron chi connectivity index (χ0n) is 14.4. The average Bonchev–Trinajstić information content (AvgIpc) is 2.98. The number of hydrogen-bond acceptors (Lipinski definition) is 6. The summed E-state index contributed by atoms with van der Waals surface area (Å²) in [5.41, 5.74) is -0.587. The van der Waals surface area contributed by atoms with Crippen LogP contribution >= 0.6 is 12.4 Å². The van der Waals surface area contributed by atoms with Gasteiger partial charge in [0, 0.05) is 20.2 Å². The fourth-order valence-electron chi connectivity index (χ4n) is 1.86. The van der Waals surface area contributed by atoms with E-state index < -0.39 is 36.2 Å². The molecule has 7 nitrogen and oxygen atoms in total. The molecular formula is C15H33ClF2N2O5. The van der Waals surface area contributed by atoms with E-state index in [4.69, 9.17) is 20.1 Å². The predicted octanol–water partition coefficient (Wildman–Crippen LogP) is 0.891. The Morgan fingerprint density at radius 1 is 1.08 bits per heavy atom. The number of nitrogens with zero attached hydrogens (tertiary/aromatic N) is 1. The first kappa shape index (κ1) is 29.0. The average molecular weight is 395 g/mol. The number of alkyl halides is 2. The second kappa shape index (κ2) is 13.5. The molecule has 0 bridgehead atoms. The lowest BCUT2D eigenvalue weighted by Crippen LogP contribution is -2.35. The van der Waals surface area contributed by atoms with Gasteiger partial charge in [0.2, 0.25) is 0 Å². The Hall–Kier alpha value is -0.740. The van der Waals surface area contributed by atoms with Gasteiger partial charge in [-0.05, 0) is 20.8 Å². The van der Waals surface area contributed by atoms with Gasteiger partial charge >= 0.3 is 6.09 Å². The van der Waals surface area contributed by atoms with Crippen molar-refractivity contribution in [1.29, 1.82) is 0 Å². The normalized spacial score (nSPS) is 27.6. The van der Waals surface area contributed by atoms with Gasteiger partial charge in [0.1, 0.15) is 24.0 Å². The van der Waals surface area contributed by atoms with Gasteiger partial charge in [0.25, 0.3) is 0 Å². The minimum absolute atomic E-state index is 0. The van der Waals surface area contributed by atoms with Crippen LogP contribution in [0.15, 0.2) is 0 Å². The Morgan fingerprint density at radius 2 is 1.60 bits per heavy atom. The number of ether oxygens (including phenoxy) is 1. The molecule has 4 N–H and O–H groups in total. The third kappa shape index (κ3) is 11.5. The highest BCUT2D eigenvalue weighted by Crippen LogP contribution is 2.17. The molecule has 2 aliphatic rings. The minimum atomic E-state index is -1.36. The molecule has 2 aliphatic heterocycles. The molecule has 2 saturated heterocycles. The van der Waals surface area contributed by atoms with E-state index in [-0.39, 0.29) is 32.9 Å². The lowest BCUT2D eigenvalue weighted by Gasteiger charge is -2.23. The topological polar surface area (TPSA) is 102 Å². The van der Waals surface area contributed by atoms with Crippen LogP contribution in [0.1, 0.15) is 28.2 Å². The summed E-state index contributed by atoms with van der Waals surface area (Å²) in [6.45, 7) is 5.85. The van der Waals surface area contributed by atoms with Crippen molar-refractivity contribution in [3.63, 3.8) is 0 Å². The number of carbonyl (C=O) groups excluding carboxylic acids is 1. The van der Waals surface area contributed by atoms with E-state index in [0.29, 0.717) is 13.1 Å². The van der Waals surface area contributed by atoms with Gasteiger partial charge < -0.3 is 30.3 Å². The minimum Gasteiger partial charge on any atom is -0.444 e. The highest BCUT2D eigenvalue weighted by Gasteiger charge is 2.36. The van der Waals surface area contributed by atoms with Crippen molar-refractivity contribution in [3.05, 3.63) is 0 Å². The highest BCUT2D eigenvalue weighted by atomic mass is 35.5. The molecule has 0 saturated carbocycles. The number of carbonyl (C=O) groups is 1. The van der Waals surface area contributed by atoms with Crippen LogP contribution in [0, 0.1) is 0 Å². The number of aliphatic hydroxyl groups excluding tert-OH is 3. The number of rotatable bonds is 0. The van der Waals surface area contributed by atoms with E-state index in [0.717, 1.165) is 7.11 Å². The van der Waals surface area contributed by atoms with Crippen molar-refractivity contribution in [2.75, 3.05) is 33.3 Å². The number of β-amino-alcohol motifs (C(OH)–C–C–N with tert-alkyl or cyclic N) is 2. The second-order valence-electron chi connectivity index (χ2n) is 6.21. The smallest absolute Gasteiger partial charge is 0.410 e. The lowest BCUT2D eigenvalue weighted by atomic mass is 10.2. The maximum atomic E-state index is 12.9. The van der Waals surface area contributed by atoms with Crippen molar-refractivity contribution < 1.29 is 33.6 Å². The molecule has 2 heterocycles. The van der Waals surface area contributed by atoms with Crippen molar-refractivity contribution in [2.24, 2.45) is 0 Å². The first-order valence-corrected chi connectivity index (χ1v) is 7.38. The first-order valence-electron chi connectivity index (χ1n) is 7.38. The fraction of sp³-hybridized carbons (Fsp3) is 0.933. The molecule has 4 unspecified atom stereocenters. The standard InChI is InChI=1S/C9H16FNO3.C4H8FNO.CH4O.CH4.ClH/c1-9(2,3)14-8(13)11-4-6(10)7(12)5-11;5-3-1-6-2-4(3)7;1-2;;/h6-7,12H,4-5H2,1-3H3;3-4,6-7H,1-2H2;2H,1H3;1H4;1H. The zero-order chi connectivity index (χ0) is 18.2. The largest absolute Gasteiger partial charge is 0.444 e. The third-order valence-corrected chi connectivity index (χ3v) is 2.98. The van der Waals surface area contributed by atoms with Gasteiger partial charge in [-0.25, -0.2) is 13.6 Å². The maximum Gasteiger partial charge on any atom is 0.410 e. The number of amides is 1. The van der Waals surface area contributed by atoms with Crippen LogP contribution in [0.2, 0.25) is 0 Å². The van der Waals surface area contributed by atoms with E-state index in [2.05, 4.69) is 5.32 Å². The Balaban J connectivity index is -0.000000375. The van der Waals surface area contributed by atoms with E-state index in [1.165, 1.54) is 4.90 Å². The molecule has 0 aliphatic carbocycles. The van der Waals surface area contributed by atoms with Crippen molar-refractivity contribution >= 4 is 18.5 Å². The van der Waals surface area contributed by atoms with Crippen molar-refractivity contribution in [1.82, 2.24) is 10.2 Å². The summed E-state index contributed by atoms with van der Waals surface area (Å²) in [6, 6.07) is 0. The van der Waals surface area contributed by atoms with Crippen LogP contribution in [0.4, 0.5) is 13.6 Å². The fourth-order valence-corrected chi connectivity index (χ4v) is 1.86. The lowest BCUT2D eigenvalue weighted by molar-refractivity contribution is 0.0269. The molecular weight excluding hydrogens is 362 g/mol. The second-order valence-corrected chi connectivity index (χ2v) is 6.21. The van der Waals surface area contributed by atoms with Gasteiger partial charge in [-0.15, -0.1) is 12.4 Å². The summed E-state index contributed by atoms with van der Waals surface area (Å²) < 4.78 is 29.9. The van der Waals surface area contributed by atoms with Crippen LogP contribution in [0.25, 0.3) is 0 Å². The SMILES string of the molecule is C.CC(C)(C)OC(=O)N1CC(O)C(F)C1.CO.Cl.OC1CNCC1F. The summed E-state index contributed by atoms with van der Waals surface area (Å²) in [5, 5.41) is 27.3. The quantitative estimate of drug-likeness (QED) is 0.486. The molecule has 4 atom stereocenters. The number of hydrogen-bond donors (Lipinski definition) is 4. The summed E-state index contributed by atoms with van der Waals surface area (Å²) in [4.78, 5) is 12.6. The number of likely N-dealkylation sites (tertiary alicyclic amines) is 1. The predicted molar refractivity (Wildman–Crippen MR) is 94.6 cm³/mol. The number of halogens is 3. The monoisotopic (exact) mass is 394 g/mol. The van der Waals surface area contributed by atoms with E-state index in [1.54, 1.807) is 20.8 Å². The van der Waals surface area contributed by atoms with Gasteiger partial charge in [-0.2, -0.15) is 0 Å². The van der Waals surface area contributed by atoms with Gasteiger partial charge in [-0.3, -0.25) is 0 Å². The summed E-state index contributed by atoms with van der Waals surface area (Å²) >= 11 is 0. The van der Waals surface area contributed by atoms with Crippen LogP contribution in [-0.2, 0) is 4.74 Å². The molecule has 0 aromatic heterocycles. The van der Waals surface area contributed by atoms with E-state index >= 15 is 0 Å². The zero-order valence-corrected chi connectivity index (χ0v) is 15.2. The summed E-state index contributed by atoms with van der Waals surface area (Å²) in [6.07, 6.45) is -4.82. The Morgan fingerprint density at radius 3 is 1.84 bits per heavy atom. The summed E-state index contributed by atoms with van der Waals surface area (Å²) in [5.74, 6) is 0. The summed E-state index contributed by atoms with van der Waals surface area (Å²) in [7, 11) is 1.00. The number of aliphatic hydroxyl groups is 3. The Kier molecular flexibility index (Phi) is 15.6. The van der Waals surface area contributed by atoms with E-state index in [9.17, 15) is 13.6 Å².